The number of hydrogen-bond acceptors (Lipinski definition) is 4. The lowest BCUT2D eigenvalue weighted by Gasteiger charge is -2.15. The van der Waals surface area contributed by atoms with Gasteiger partial charge in [0.05, 0.1) is 13.2 Å². The van der Waals surface area contributed by atoms with Gasteiger partial charge in [-0.15, -0.1) is 0 Å². The minimum atomic E-state index is -0.184. The van der Waals surface area contributed by atoms with E-state index >= 15 is 0 Å². The number of carbonyl (C=O) groups excluding carboxylic acids is 2. The SMILES string of the molecule is CCC[C@@H](CO)NCC(=O)Nc1ccc(C(=O)c2ccccc2)cc1. The molecule has 0 spiro atoms. The van der Waals surface area contributed by atoms with Crippen LogP contribution in [0.4, 0.5) is 5.69 Å². The van der Waals surface area contributed by atoms with Crippen LogP contribution in [0.15, 0.2) is 54.6 Å². The Morgan fingerprint density at radius 3 is 2.24 bits per heavy atom. The zero-order valence-electron chi connectivity index (χ0n) is 14.4. The molecule has 0 aliphatic rings. The van der Waals surface area contributed by atoms with Crippen molar-refractivity contribution in [3.8, 4) is 0 Å². The molecule has 3 N–H and O–H groups in total. The Bertz CT molecular complexity index is 684. The molecule has 0 unspecified atom stereocenters. The largest absolute Gasteiger partial charge is 0.395 e. The fraction of sp³-hybridized carbons (Fsp3) is 0.300. The molecule has 5 nitrogen and oxygen atoms in total. The third kappa shape index (κ3) is 5.81. The van der Waals surface area contributed by atoms with Crippen LogP contribution in [0.5, 0.6) is 0 Å². The first-order chi connectivity index (χ1) is 12.1. The zero-order chi connectivity index (χ0) is 18.1. The first-order valence-corrected chi connectivity index (χ1v) is 8.48. The van der Waals surface area contributed by atoms with Gasteiger partial charge in [-0.05, 0) is 30.7 Å². The van der Waals surface area contributed by atoms with E-state index in [2.05, 4.69) is 10.6 Å². The summed E-state index contributed by atoms with van der Waals surface area (Å²) in [5, 5.41) is 15.0. The average Bonchev–Trinajstić information content (AvgIpc) is 2.66. The number of anilines is 1. The van der Waals surface area contributed by atoms with Crippen LogP contribution in [-0.4, -0.2) is 36.0 Å². The predicted molar refractivity (Wildman–Crippen MR) is 98.7 cm³/mol. The Kier molecular flexibility index (Phi) is 7.32. The van der Waals surface area contributed by atoms with Crippen LogP contribution < -0.4 is 10.6 Å². The fourth-order valence-electron chi connectivity index (χ4n) is 2.51. The second kappa shape index (κ2) is 9.71. The molecule has 1 atom stereocenters. The van der Waals surface area contributed by atoms with Crippen molar-refractivity contribution in [3.05, 3.63) is 65.7 Å². The monoisotopic (exact) mass is 340 g/mol. The summed E-state index contributed by atoms with van der Waals surface area (Å²) in [6, 6.07) is 15.8. The standard InChI is InChI=1S/C20H24N2O3/c1-2-6-18(14-23)21-13-19(24)22-17-11-9-16(10-12-17)20(25)15-7-4-3-5-8-15/h3-5,7-12,18,21,23H,2,6,13-14H2,1H3,(H,22,24)/t18-/m0/s1. The zero-order valence-corrected chi connectivity index (χ0v) is 14.4. The lowest BCUT2D eigenvalue weighted by molar-refractivity contribution is -0.115. The van der Waals surface area contributed by atoms with Crippen molar-refractivity contribution >= 4 is 17.4 Å². The van der Waals surface area contributed by atoms with Crippen molar-refractivity contribution in [2.75, 3.05) is 18.5 Å². The van der Waals surface area contributed by atoms with Gasteiger partial charge in [0, 0.05) is 22.9 Å². The van der Waals surface area contributed by atoms with Crippen molar-refractivity contribution in [1.82, 2.24) is 5.32 Å². The van der Waals surface area contributed by atoms with E-state index in [1.807, 2.05) is 25.1 Å². The lowest BCUT2D eigenvalue weighted by Crippen LogP contribution is -2.38. The maximum absolute atomic E-state index is 12.3. The minimum absolute atomic E-state index is 0.0113. The highest BCUT2D eigenvalue weighted by molar-refractivity contribution is 6.09. The summed E-state index contributed by atoms with van der Waals surface area (Å²) in [6.07, 6.45) is 1.76. The van der Waals surface area contributed by atoms with E-state index in [1.165, 1.54) is 0 Å². The van der Waals surface area contributed by atoms with Gasteiger partial charge in [0.25, 0.3) is 0 Å². The molecular weight excluding hydrogens is 316 g/mol. The van der Waals surface area contributed by atoms with E-state index in [1.54, 1.807) is 36.4 Å². The van der Waals surface area contributed by atoms with Crippen molar-refractivity contribution in [1.29, 1.82) is 0 Å². The minimum Gasteiger partial charge on any atom is -0.395 e. The highest BCUT2D eigenvalue weighted by Crippen LogP contribution is 2.13. The molecule has 2 aromatic carbocycles. The fourth-order valence-corrected chi connectivity index (χ4v) is 2.51. The predicted octanol–water partition coefficient (Wildman–Crippen LogP) is 2.61. The summed E-state index contributed by atoms with van der Waals surface area (Å²) in [6.45, 7) is 2.18. The molecule has 132 valence electrons. The molecule has 0 aliphatic heterocycles. The van der Waals surface area contributed by atoms with Crippen LogP contribution in [0.1, 0.15) is 35.7 Å². The van der Waals surface area contributed by atoms with Gasteiger partial charge in [-0.25, -0.2) is 0 Å². The highest BCUT2D eigenvalue weighted by atomic mass is 16.3. The van der Waals surface area contributed by atoms with Crippen LogP contribution in [0, 0.1) is 0 Å². The average molecular weight is 340 g/mol. The number of hydrogen-bond donors (Lipinski definition) is 3. The van der Waals surface area contributed by atoms with Gasteiger partial charge in [0.1, 0.15) is 0 Å². The van der Waals surface area contributed by atoms with Crippen LogP contribution >= 0.6 is 0 Å². The number of amides is 1. The molecular formula is C20H24N2O3. The van der Waals surface area contributed by atoms with Crippen LogP contribution in [0.2, 0.25) is 0 Å². The number of aliphatic hydroxyl groups excluding tert-OH is 1. The molecule has 0 aliphatic carbocycles. The number of benzene rings is 2. The van der Waals surface area contributed by atoms with E-state index in [-0.39, 0.29) is 30.9 Å². The molecule has 2 aromatic rings. The molecule has 0 heterocycles. The van der Waals surface area contributed by atoms with Gasteiger partial charge in [0.2, 0.25) is 5.91 Å². The lowest BCUT2D eigenvalue weighted by atomic mass is 10.0. The number of aliphatic hydroxyl groups is 1. The Labute approximate surface area is 148 Å². The third-order valence-corrected chi connectivity index (χ3v) is 3.88. The first kappa shape index (κ1) is 18.8. The first-order valence-electron chi connectivity index (χ1n) is 8.48. The molecule has 5 heteroatoms. The van der Waals surface area contributed by atoms with Gasteiger partial charge >= 0.3 is 0 Å². The van der Waals surface area contributed by atoms with Gasteiger partial charge in [-0.3, -0.25) is 9.59 Å². The third-order valence-electron chi connectivity index (χ3n) is 3.88. The Morgan fingerprint density at radius 2 is 1.64 bits per heavy atom. The number of ketones is 1. The van der Waals surface area contributed by atoms with Crippen molar-refractivity contribution in [2.24, 2.45) is 0 Å². The Balaban J connectivity index is 1.89. The van der Waals surface area contributed by atoms with E-state index in [9.17, 15) is 14.7 Å². The number of rotatable bonds is 9. The second-order valence-corrected chi connectivity index (χ2v) is 5.87. The van der Waals surface area contributed by atoms with Crippen molar-refractivity contribution in [2.45, 2.75) is 25.8 Å². The van der Waals surface area contributed by atoms with E-state index < -0.39 is 0 Å². The smallest absolute Gasteiger partial charge is 0.238 e. The van der Waals surface area contributed by atoms with Crippen molar-refractivity contribution < 1.29 is 14.7 Å². The van der Waals surface area contributed by atoms with Crippen LogP contribution in [-0.2, 0) is 4.79 Å². The quantitative estimate of drug-likeness (QED) is 0.613. The number of nitrogens with one attached hydrogen (secondary N) is 2. The molecule has 2 rings (SSSR count). The topological polar surface area (TPSA) is 78.4 Å². The summed E-state index contributed by atoms with van der Waals surface area (Å²) >= 11 is 0. The van der Waals surface area contributed by atoms with Gasteiger partial charge in [-0.1, -0.05) is 43.7 Å². The summed E-state index contributed by atoms with van der Waals surface area (Å²) in [7, 11) is 0. The molecule has 0 radical (unpaired) electrons. The molecule has 0 fully saturated rings. The Hall–Kier alpha value is -2.50. The second-order valence-electron chi connectivity index (χ2n) is 5.87. The molecule has 25 heavy (non-hydrogen) atoms. The normalized spacial score (nSPS) is 11.8. The molecule has 0 saturated heterocycles. The molecule has 0 aromatic heterocycles. The summed E-state index contributed by atoms with van der Waals surface area (Å²) < 4.78 is 0. The van der Waals surface area contributed by atoms with E-state index in [4.69, 9.17) is 0 Å². The van der Waals surface area contributed by atoms with Crippen LogP contribution in [0.25, 0.3) is 0 Å². The maximum Gasteiger partial charge on any atom is 0.238 e. The molecule has 1 amide bonds. The molecule has 0 saturated carbocycles. The Morgan fingerprint density at radius 1 is 1.00 bits per heavy atom. The summed E-state index contributed by atoms with van der Waals surface area (Å²) in [5.41, 5.74) is 1.84. The summed E-state index contributed by atoms with van der Waals surface area (Å²) in [5.74, 6) is -0.234. The van der Waals surface area contributed by atoms with Crippen molar-refractivity contribution in [3.63, 3.8) is 0 Å². The van der Waals surface area contributed by atoms with Gasteiger partial charge < -0.3 is 15.7 Å². The maximum atomic E-state index is 12.3. The van der Waals surface area contributed by atoms with E-state index in [0.717, 1.165) is 12.8 Å². The summed E-state index contributed by atoms with van der Waals surface area (Å²) in [4.78, 5) is 24.3. The van der Waals surface area contributed by atoms with Crippen LogP contribution in [0.3, 0.4) is 0 Å². The highest BCUT2D eigenvalue weighted by Gasteiger charge is 2.10. The molecule has 0 bridgehead atoms. The number of carbonyl (C=O) groups is 2. The van der Waals surface area contributed by atoms with Gasteiger partial charge in [-0.2, -0.15) is 0 Å². The van der Waals surface area contributed by atoms with E-state index in [0.29, 0.717) is 16.8 Å². The van der Waals surface area contributed by atoms with Gasteiger partial charge in [0.15, 0.2) is 5.78 Å².